The normalized spacial score (nSPS) is 36.3. The second kappa shape index (κ2) is 4.09. The number of hydrogen-bond acceptors (Lipinski definition) is 1. The zero-order valence-electron chi connectivity index (χ0n) is 8.63. The van der Waals surface area contributed by atoms with Crippen molar-refractivity contribution in [3.8, 4) is 0 Å². The maximum absolute atomic E-state index is 11.7. The number of carbonyl (C=O) groups excluding carboxylic acids is 1. The van der Waals surface area contributed by atoms with Crippen molar-refractivity contribution in [3.63, 3.8) is 0 Å². The first-order valence-corrected chi connectivity index (χ1v) is 6.09. The molecule has 2 fully saturated rings. The third-order valence-corrected chi connectivity index (χ3v) is 4.11. The lowest BCUT2D eigenvalue weighted by atomic mass is 10.1. The molecule has 0 saturated heterocycles. The molecule has 0 aromatic heterocycles. The van der Waals surface area contributed by atoms with E-state index in [1.54, 1.807) is 0 Å². The minimum atomic E-state index is 0.0949. The van der Waals surface area contributed by atoms with Gasteiger partial charge in [-0.15, -0.1) is 11.6 Å². The van der Waals surface area contributed by atoms with Gasteiger partial charge in [0.05, 0.1) is 5.38 Å². The van der Waals surface area contributed by atoms with Crippen molar-refractivity contribution in [2.75, 3.05) is 6.54 Å². The molecule has 2 saturated carbocycles. The van der Waals surface area contributed by atoms with E-state index in [0.717, 1.165) is 6.42 Å². The summed E-state index contributed by atoms with van der Waals surface area (Å²) in [7, 11) is 0. The second-order valence-electron chi connectivity index (χ2n) is 4.54. The molecular weight excluding hydrogens is 198 g/mol. The molecule has 0 aromatic carbocycles. The van der Waals surface area contributed by atoms with Crippen molar-refractivity contribution >= 4 is 17.5 Å². The smallest absolute Gasteiger partial charge is 0.223 e. The van der Waals surface area contributed by atoms with Crippen LogP contribution in [0.25, 0.3) is 0 Å². The van der Waals surface area contributed by atoms with Gasteiger partial charge in [-0.3, -0.25) is 4.79 Å². The molecule has 3 unspecified atom stereocenters. The lowest BCUT2D eigenvalue weighted by Crippen LogP contribution is -2.31. The standard InChI is InChI=1S/C11H18ClNO/c1-2-7(12)6-13-11(14)10-8-4-3-5-9(8)10/h7-10H,2-6H2,1H3,(H,13,14). The van der Waals surface area contributed by atoms with Gasteiger partial charge in [-0.25, -0.2) is 0 Å². The van der Waals surface area contributed by atoms with Crippen molar-refractivity contribution in [2.24, 2.45) is 17.8 Å². The van der Waals surface area contributed by atoms with Crippen LogP contribution in [0.2, 0.25) is 0 Å². The SMILES string of the molecule is CCC(Cl)CNC(=O)C1C2CCCC21. The summed E-state index contributed by atoms with van der Waals surface area (Å²) in [6.45, 7) is 2.67. The Morgan fingerprint density at radius 1 is 1.50 bits per heavy atom. The van der Waals surface area contributed by atoms with Gasteiger partial charge in [0.1, 0.15) is 0 Å². The molecule has 2 aliphatic rings. The number of carbonyl (C=O) groups is 1. The Balaban J connectivity index is 1.70. The first-order valence-electron chi connectivity index (χ1n) is 5.65. The summed E-state index contributed by atoms with van der Waals surface area (Å²) in [5, 5.41) is 3.05. The summed E-state index contributed by atoms with van der Waals surface area (Å²) in [6, 6.07) is 0. The number of halogens is 1. The first kappa shape index (κ1) is 10.3. The molecule has 1 N–H and O–H groups in total. The molecule has 2 rings (SSSR count). The molecule has 1 amide bonds. The van der Waals surface area contributed by atoms with E-state index in [1.165, 1.54) is 19.3 Å². The lowest BCUT2D eigenvalue weighted by Gasteiger charge is -2.09. The molecule has 80 valence electrons. The van der Waals surface area contributed by atoms with Crippen molar-refractivity contribution in [1.82, 2.24) is 5.32 Å². The predicted molar refractivity (Wildman–Crippen MR) is 57.3 cm³/mol. The van der Waals surface area contributed by atoms with Crippen LogP contribution in [0.15, 0.2) is 0 Å². The van der Waals surface area contributed by atoms with E-state index in [2.05, 4.69) is 5.32 Å². The summed E-state index contributed by atoms with van der Waals surface area (Å²) >= 11 is 5.94. The van der Waals surface area contributed by atoms with E-state index in [9.17, 15) is 4.79 Å². The number of amides is 1. The number of fused-ring (bicyclic) bond motifs is 1. The van der Waals surface area contributed by atoms with E-state index < -0.39 is 0 Å². The van der Waals surface area contributed by atoms with Crippen molar-refractivity contribution < 1.29 is 4.79 Å². The Bertz CT molecular complexity index is 221. The number of alkyl halides is 1. The summed E-state index contributed by atoms with van der Waals surface area (Å²) in [5.74, 6) is 2.01. The highest BCUT2D eigenvalue weighted by Crippen LogP contribution is 2.57. The molecule has 0 heterocycles. The largest absolute Gasteiger partial charge is 0.354 e. The van der Waals surface area contributed by atoms with Crippen LogP contribution < -0.4 is 5.32 Å². The zero-order chi connectivity index (χ0) is 10.1. The monoisotopic (exact) mass is 215 g/mol. The Morgan fingerprint density at radius 2 is 2.14 bits per heavy atom. The average molecular weight is 216 g/mol. The van der Waals surface area contributed by atoms with E-state index in [4.69, 9.17) is 11.6 Å². The van der Waals surface area contributed by atoms with Crippen LogP contribution in [0.3, 0.4) is 0 Å². The predicted octanol–water partition coefficient (Wildman–Crippen LogP) is 2.17. The lowest BCUT2D eigenvalue weighted by molar-refractivity contribution is -0.123. The van der Waals surface area contributed by atoms with Gasteiger partial charge in [-0.2, -0.15) is 0 Å². The molecule has 3 atom stereocenters. The van der Waals surface area contributed by atoms with Crippen LogP contribution in [-0.2, 0) is 4.79 Å². The molecule has 14 heavy (non-hydrogen) atoms. The van der Waals surface area contributed by atoms with E-state index in [1.807, 2.05) is 6.92 Å². The first-order chi connectivity index (χ1) is 6.74. The second-order valence-corrected chi connectivity index (χ2v) is 5.15. The van der Waals surface area contributed by atoms with Gasteiger partial charge in [0.25, 0.3) is 0 Å². The van der Waals surface area contributed by atoms with Gasteiger partial charge in [-0.05, 0) is 31.1 Å². The molecule has 3 heteroatoms. The fraction of sp³-hybridized carbons (Fsp3) is 0.909. The topological polar surface area (TPSA) is 29.1 Å². The maximum atomic E-state index is 11.7. The average Bonchev–Trinajstić information content (AvgIpc) is 2.68. The molecule has 0 spiro atoms. The van der Waals surface area contributed by atoms with Gasteiger partial charge in [-0.1, -0.05) is 13.3 Å². The highest BCUT2D eigenvalue weighted by Gasteiger charge is 2.56. The zero-order valence-corrected chi connectivity index (χ0v) is 9.39. The Morgan fingerprint density at radius 3 is 2.71 bits per heavy atom. The van der Waals surface area contributed by atoms with Crippen LogP contribution in [0.1, 0.15) is 32.6 Å². The Labute approximate surface area is 90.4 Å². The van der Waals surface area contributed by atoms with Gasteiger partial charge in [0.2, 0.25) is 5.91 Å². The fourth-order valence-electron chi connectivity index (χ4n) is 2.68. The molecule has 2 nitrogen and oxygen atoms in total. The van der Waals surface area contributed by atoms with E-state index >= 15 is 0 Å². The van der Waals surface area contributed by atoms with Crippen molar-refractivity contribution in [1.29, 1.82) is 0 Å². The summed E-state index contributed by atoms with van der Waals surface area (Å²) < 4.78 is 0. The van der Waals surface area contributed by atoms with E-state index in [-0.39, 0.29) is 11.3 Å². The molecule has 0 bridgehead atoms. The molecule has 2 aliphatic carbocycles. The number of nitrogens with one attached hydrogen (secondary N) is 1. The van der Waals surface area contributed by atoms with Crippen LogP contribution in [0.5, 0.6) is 0 Å². The van der Waals surface area contributed by atoms with Crippen LogP contribution in [0.4, 0.5) is 0 Å². The molecule has 0 aromatic rings. The van der Waals surface area contributed by atoms with Gasteiger partial charge in [0, 0.05) is 12.5 Å². The highest BCUT2D eigenvalue weighted by molar-refractivity contribution is 6.20. The van der Waals surface area contributed by atoms with Crippen LogP contribution in [0, 0.1) is 17.8 Å². The van der Waals surface area contributed by atoms with Gasteiger partial charge < -0.3 is 5.32 Å². The van der Waals surface area contributed by atoms with Crippen LogP contribution >= 0.6 is 11.6 Å². The molecule has 0 aliphatic heterocycles. The summed E-state index contributed by atoms with van der Waals surface area (Å²) in [4.78, 5) is 11.7. The van der Waals surface area contributed by atoms with Crippen LogP contribution in [-0.4, -0.2) is 17.8 Å². The molecular formula is C11H18ClNO. The van der Waals surface area contributed by atoms with E-state index in [0.29, 0.717) is 24.3 Å². The van der Waals surface area contributed by atoms with Gasteiger partial charge in [0.15, 0.2) is 0 Å². The summed E-state index contributed by atoms with van der Waals surface area (Å²) in [5.41, 5.74) is 0. The third kappa shape index (κ3) is 1.90. The minimum absolute atomic E-state index is 0.0949. The minimum Gasteiger partial charge on any atom is -0.354 e. The van der Waals surface area contributed by atoms with Gasteiger partial charge >= 0.3 is 0 Å². The third-order valence-electron chi connectivity index (χ3n) is 3.65. The van der Waals surface area contributed by atoms with Crippen molar-refractivity contribution in [3.05, 3.63) is 0 Å². The summed E-state index contributed by atoms with van der Waals surface area (Å²) in [6.07, 6.45) is 4.77. The number of rotatable bonds is 4. The van der Waals surface area contributed by atoms with Crippen molar-refractivity contribution in [2.45, 2.75) is 38.0 Å². The number of hydrogen-bond donors (Lipinski definition) is 1. The quantitative estimate of drug-likeness (QED) is 0.716. The fourth-order valence-corrected chi connectivity index (χ4v) is 2.76. The molecule has 0 radical (unpaired) electrons. The maximum Gasteiger partial charge on any atom is 0.223 e. The Kier molecular flexibility index (Phi) is 3.01. The highest BCUT2D eigenvalue weighted by atomic mass is 35.5. The Hall–Kier alpha value is -0.240.